The van der Waals surface area contributed by atoms with Crippen LogP contribution in [0.15, 0.2) is 22.6 Å². The maximum absolute atomic E-state index is 12.5. The third kappa shape index (κ3) is 3.42. The number of hydrogen-bond acceptors (Lipinski definition) is 4. The summed E-state index contributed by atoms with van der Waals surface area (Å²) in [5.74, 6) is 0.879. The van der Waals surface area contributed by atoms with E-state index in [2.05, 4.69) is 4.98 Å². The Morgan fingerprint density at radius 1 is 1.17 bits per heavy atom. The fraction of sp³-hybridized carbons (Fsp3) is 0.500. The molecule has 1 aromatic carbocycles. The molecule has 128 valence electrons. The number of carbonyl (C=O) groups is 2. The Bertz CT molecular complexity index is 758. The molecular weight excluding hydrogens is 306 g/mol. The first kappa shape index (κ1) is 16.5. The molecule has 0 unspecified atom stereocenters. The quantitative estimate of drug-likeness (QED) is 0.864. The maximum Gasteiger partial charge on any atom is 0.227 e. The van der Waals surface area contributed by atoms with Crippen LogP contribution in [0.25, 0.3) is 11.1 Å². The van der Waals surface area contributed by atoms with Crippen molar-refractivity contribution in [1.29, 1.82) is 0 Å². The number of oxazole rings is 1. The van der Waals surface area contributed by atoms with Gasteiger partial charge in [0.2, 0.25) is 11.8 Å². The van der Waals surface area contributed by atoms with Gasteiger partial charge in [0.05, 0.1) is 6.42 Å². The van der Waals surface area contributed by atoms with E-state index in [1.807, 2.05) is 48.8 Å². The van der Waals surface area contributed by atoms with Gasteiger partial charge in [0.1, 0.15) is 5.52 Å². The minimum Gasteiger partial charge on any atom is -0.441 e. The molecule has 0 radical (unpaired) electrons. The lowest BCUT2D eigenvalue weighted by Crippen LogP contribution is -2.51. The molecule has 6 heteroatoms. The molecule has 6 nitrogen and oxygen atoms in total. The molecule has 0 saturated carbocycles. The smallest absolute Gasteiger partial charge is 0.227 e. The summed E-state index contributed by atoms with van der Waals surface area (Å²) in [7, 11) is 0. The van der Waals surface area contributed by atoms with Crippen LogP contribution in [0.4, 0.5) is 0 Å². The molecule has 0 N–H and O–H groups in total. The molecule has 1 aliphatic rings. The van der Waals surface area contributed by atoms with E-state index in [1.165, 1.54) is 0 Å². The van der Waals surface area contributed by atoms with Crippen molar-refractivity contribution in [2.75, 3.05) is 26.2 Å². The van der Waals surface area contributed by atoms with Gasteiger partial charge in [0.25, 0.3) is 0 Å². The Labute approximate surface area is 141 Å². The zero-order chi connectivity index (χ0) is 17.3. The second-order valence-corrected chi connectivity index (χ2v) is 6.57. The average molecular weight is 329 g/mol. The van der Waals surface area contributed by atoms with Gasteiger partial charge in [-0.15, -0.1) is 0 Å². The van der Waals surface area contributed by atoms with E-state index in [1.54, 1.807) is 0 Å². The van der Waals surface area contributed by atoms with Crippen LogP contribution in [0, 0.1) is 12.8 Å². The Balaban J connectivity index is 1.60. The van der Waals surface area contributed by atoms with E-state index in [0.717, 1.165) is 16.7 Å². The molecule has 2 amide bonds. The molecule has 2 aromatic rings. The SMILES string of the molecule is Cc1nc2cc(CC(=O)N3CCN(C(=O)C(C)C)CC3)ccc2o1. The highest BCUT2D eigenvalue weighted by molar-refractivity contribution is 5.82. The first-order chi connectivity index (χ1) is 11.4. The van der Waals surface area contributed by atoms with Gasteiger partial charge in [-0.05, 0) is 17.7 Å². The second-order valence-electron chi connectivity index (χ2n) is 6.57. The summed E-state index contributed by atoms with van der Waals surface area (Å²) in [4.78, 5) is 32.5. The van der Waals surface area contributed by atoms with E-state index < -0.39 is 0 Å². The predicted octanol–water partition coefficient (Wildman–Crippen LogP) is 2.01. The number of nitrogens with zero attached hydrogens (tertiary/aromatic N) is 3. The number of aromatic nitrogens is 1. The monoisotopic (exact) mass is 329 g/mol. The standard InChI is InChI=1S/C18H23N3O3/c1-12(2)18(23)21-8-6-20(7-9-21)17(22)11-14-4-5-16-15(10-14)19-13(3)24-16/h4-5,10,12H,6-9,11H2,1-3H3. The molecule has 1 saturated heterocycles. The number of amides is 2. The van der Waals surface area contributed by atoms with Gasteiger partial charge in [0.15, 0.2) is 11.5 Å². The summed E-state index contributed by atoms with van der Waals surface area (Å²) in [6.07, 6.45) is 0.347. The molecule has 0 bridgehead atoms. The van der Waals surface area contributed by atoms with Gasteiger partial charge in [-0.25, -0.2) is 4.98 Å². The molecular formula is C18H23N3O3. The molecule has 3 rings (SSSR count). The molecule has 1 aromatic heterocycles. The number of carbonyl (C=O) groups excluding carboxylic acids is 2. The zero-order valence-corrected chi connectivity index (χ0v) is 14.4. The zero-order valence-electron chi connectivity index (χ0n) is 14.4. The predicted molar refractivity (Wildman–Crippen MR) is 90.4 cm³/mol. The van der Waals surface area contributed by atoms with Crippen LogP contribution in [0.5, 0.6) is 0 Å². The number of piperazine rings is 1. The van der Waals surface area contributed by atoms with Crippen molar-refractivity contribution in [3.05, 3.63) is 29.7 Å². The summed E-state index contributed by atoms with van der Waals surface area (Å²) >= 11 is 0. The number of rotatable bonds is 3. The highest BCUT2D eigenvalue weighted by Gasteiger charge is 2.25. The molecule has 0 spiro atoms. The second kappa shape index (κ2) is 6.63. The minimum atomic E-state index is 0.00453. The highest BCUT2D eigenvalue weighted by Crippen LogP contribution is 2.18. The number of fused-ring (bicyclic) bond motifs is 1. The summed E-state index contributed by atoms with van der Waals surface area (Å²) in [5.41, 5.74) is 2.45. The number of benzene rings is 1. The van der Waals surface area contributed by atoms with Gasteiger partial charge < -0.3 is 14.2 Å². The number of aryl methyl sites for hydroxylation is 1. The Kier molecular flexibility index (Phi) is 4.55. The van der Waals surface area contributed by atoms with Crippen molar-refractivity contribution in [2.45, 2.75) is 27.2 Å². The Hall–Kier alpha value is -2.37. The van der Waals surface area contributed by atoms with Crippen LogP contribution < -0.4 is 0 Å². The van der Waals surface area contributed by atoms with E-state index >= 15 is 0 Å². The van der Waals surface area contributed by atoms with Crippen molar-refractivity contribution < 1.29 is 14.0 Å². The fourth-order valence-electron chi connectivity index (χ4n) is 3.03. The third-order valence-corrected chi connectivity index (χ3v) is 4.35. The van der Waals surface area contributed by atoms with Gasteiger partial charge in [-0.3, -0.25) is 9.59 Å². The molecule has 1 aliphatic heterocycles. The lowest BCUT2D eigenvalue weighted by atomic mass is 10.1. The van der Waals surface area contributed by atoms with Crippen LogP contribution in [-0.2, 0) is 16.0 Å². The van der Waals surface area contributed by atoms with Gasteiger partial charge in [-0.1, -0.05) is 19.9 Å². The minimum absolute atomic E-state index is 0.00453. The van der Waals surface area contributed by atoms with Crippen molar-refractivity contribution in [1.82, 2.24) is 14.8 Å². The van der Waals surface area contributed by atoms with E-state index in [4.69, 9.17) is 4.42 Å². The van der Waals surface area contributed by atoms with Crippen molar-refractivity contribution in [2.24, 2.45) is 5.92 Å². The van der Waals surface area contributed by atoms with Gasteiger partial charge in [0, 0.05) is 39.0 Å². The van der Waals surface area contributed by atoms with Gasteiger partial charge >= 0.3 is 0 Å². The maximum atomic E-state index is 12.5. The van der Waals surface area contributed by atoms with Crippen LogP contribution in [0.2, 0.25) is 0 Å². The molecule has 2 heterocycles. The first-order valence-electron chi connectivity index (χ1n) is 8.36. The third-order valence-electron chi connectivity index (χ3n) is 4.35. The van der Waals surface area contributed by atoms with E-state index in [9.17, 15) is 9.59 Å². The van der Waals surface area contributed by atoms with Gasteiger partial charge in [-0.2, -0.15) is 0 Å². The lowest BCUT2D eigenvalue weighted by Gasteiger charge is -2.35. The fourth-order valence-corrected chi connectivity index (χ4v) is 3.03. The molecule has 1 fully saturated rings. The average Bonchev–Trinajstić information content (AvgIpc) is 2.93. The highest BCUT2D eigenvalue weighted by atomic mass is 16.3. The van der Waals surface area contributed by atoms with Crippen molar-refractivity contribution in [3.8, 4) is 0 Å². The molecule has 0 aliphatic carbocycles. The normalized spacial score (nSPS) is 15.3. The summed E-state index contributed by atoms with van der Waals surface area (Å²) in [5, 5.41) is 0. The topological polar surface area (TPSA) is 66.7 Å². The van der Waals surface area contributed by atoms with E-state index in [0.29, 0.717) is 38.5 Å². The molecule has 24 heavy (non-hydrogen) atoms. The van der Waals surface area contributed by atoms with Crippen molar-refractivity contribution in [3.63, 3.8) is 0 Å². The Morgan fingerprint density at radius 3 is 2.50 bits per heavy atom. The van der Waals surface area contributed by atoms with Crippen LogP contribution in [0.3, 0.4) is 0 Å². The van der Waals surface area contributed by atoms with Crippen LogP contribution in [0.1, 0.15) is 25.3 Å². The summed E-state index contributed by atoms with van der Waals surface area (Å²) in [6.45, 7) is 8.05. The summed E-state index contributed by atoms with van der Waals surface area (Å²) in [6, 6.07) is 5.67. The lowest BCUT2D eigenvalue weighted by molar-refractivity contribution is -0.141. The Morgan fingerprint density at radius 2 is 1.83 bits per heavy atom. The van der Waals surface area contributed by atoms with E-state index in [-0.39, 0.29) is 17.7 Å². The van der Waals surface area contributed by atoms with Crippen LogP contribution in [-0.4, -0.2) is 52.8 Å². The molecule has 0 atom stereocenters. The van der Waals surface area contributed by atoms with Crippen LogP contribution >= 0.6 is 0 Å². The first-order valence-corrected chi connectivity index (χ1v) is 8.36. The number of hydrogen-bond donors (Lipinski definition) is 0. The summed E-state index contributed by atoms with van der Waals surface area (Å²) < 4.78 is 5.45. The largest absolute Gasteiger partial charge is 0.441 e. The van der Waals surface area contributed by atoms with Crippen molar-refractivity contribution >= 4 is 22.9 Å².